The average Bonchev–Trinajstić information content (AvgIpc) is 3.28. The van der Waals surface area contributed by atoms with E-state index in [4.69, 9.17) is 0 Å². The van der Waals surface area contributed by atoms with E-state index in [2.05, 4.69) is 33.9 Å². The van der Waals surface area contributed by atoms with E-state index in [1.807, 2.05) is 18.4 Å². The fourth-order valence-electron chi connectivity index (χ4n) is 2.63. The summed E-state index contributed by atoms with van der Waals surface area (Å²) < 4.78 is 28.6. The van der Waals surface area contributed by atoms with E-state index in [1.165, 1.54) is 22.7 Å². The third-order valence-electron chi connectivity index (χ3n) is 3.98. The highest BCUT2D eigenvalue weighted by Gasteiger charge is 2.19. The molecule has 28 heavy (non-hydrogen) atoms. The fourth-order valence-corrected chi connectivity index (χ4v) is 4.31. The van der Waals surface area contributed by atoms with Crippen LogP contribution in [-0.4, -0.2) is 26.4 Å². The summed E-state index contributed by atoms with van der Waals surface area (Å²) in [5, 5.41) is 13.7. The lowest BCUT2D eigenvalue weighted by Gasteiger charge is -2.13. The number of benzene rings is 1. The largest absolute Gasteiger partial charge is 0.323 e. The van der Waals surface area contributed by atoms with Crippen molar-refractivity contribution in [3.8, 4) is 11.4 Å². The highest BCUT2D eigenvalue weighted by Crippen LogP contribution is 2.30. The van der Waals surface area contributed by atoms with E-state index in [9.17, 15) is 13.6 Å². The van der Waals surface area contributed by atoms with Gasteiger partial charge in [-0.25, -0.2) is 8.78 Å². The van der Waals surface area contributed by atoms with Crippen molar-refractivity contribution in [2.45, 2.75) is 38.4 Å². The van der Waals surface area contributed by atoms with Gasteiger partial charge in [0.15, 0.2) is 11.0 Å². The Hall–Kier alpha value is -2.26. The molecule has 0 aliphatic rings. The van der Waals surface area contributed by atoms with Gasteiger partial charge in [-0.1, -0.05) is 18.7 Å². The second-order valence-corrected chi connectivity index (χ2v) is 8.32. The van der Waals surface area contributed by atoms with Crippen LogP contribution in [0.15, 0.2) is 34.8 Å². The van der Waals surface area contributed by atoms with Crippen LogP contribution >= 0.6 is 23.1 Å². The molecular formula is C19H20F2N4OS2. The number of thiophene rings is 1. The highest BCUT2D eigenvalue weighted by molar-refractivity contribution is 7.99. The molecular weight excluding hydrogens is 402 g/mol. The van der Waals surface area contributed by atoms with Crippen molar-refractivity contribution in [3.05, 3.63) is 46.2 Å². The number of thioether (sulfide) groups is 1. The molecule has 2 aromatic heterocycles. The lowest BCUT2D eigenvalue weighted by atomic mass is 10.2. The minimum atomic E-state index is -0.810. The van der Waals surface area contributed by atoms with Crippen molar-refractivity contribution in [2.75, 3.05) is 11.1 Å². The molecule has 0 atom stereocenters. The van der Waals surface area contributed by atoms with Crippen LogP contribution in [0, 0.1) is 11.6 Å². The Bertz CT molecular complexity index is 984. The number of hydrogen-bond acceptors (Lipinski definition) is 5. The van der Waals surface area contributed by atoms with Crippen LogP contribution in [0.4, 0.5) is 14.5 Å². The van der Waals surface area contributed by atoms with Gasteiger partial charge in [0.1, 0.15) is 11.6 Å². The first-order valence-corrected chi connectivity index (χ1v) is 10.7. The molecule has 0 aliphatic heterocycles. The Morgan fingerprint density at radius 1 is 1.29 bits per heavy atom. The monoisotopic (exact) mass is 422 g/mol. The maximum absolute atomic E-state index is 13.7. The van der Waals surface area contributed by atoms with E-state index in [1.54, 1.807) is 11.3 Å². The number of amides is 1. The molecule has 0 unspecified atom stereocenters. The van der Waals surface area contributed by atoms with E-state index >= 15 is 0 Å². The number of aryl methyl sites for hydroxylation is 1. The minimum Gasteiger partial charge on any atom is -0.323 e. The van der Waals surface area contributed by atoms with Crippen molar-refractivity contribution in [1.29, 1.82) is 0 Å². The summed E-state index contributed by atoms with van der Waals surface area (Å²) in [7, 11) is 0. The summed E-state index contributed by atoms with van der Waals surface area (Å²) >= 11 is 2.91. The molecule has 148 valence electrons. The quantitative estimate of drug-likeness (QED) is 0.535. The third kappa shape index (κ3) is 4.59. The molecule has 0 saturated carbocycles. The Morgan fingerprint density at radius 3 is 2.71 bits per heavy atom. The maximum atomic E-state index is 13.7. The number of rotatable bonds is 7. The van der Waals surface area contributed by atoms with Crippen molar-refractivity contribution >= 4 is 34.7 Å². The normalized spacial score (nSPS) is 11.2. The zero-order valence-electron chi connectivity index (χ0n) is 15.7. The van der Waals surface area contributed by atoms with E-state index in [0.717, 1.165) is 29.9 Å². The third-order valence-corrected chi connectivity index (χ3v) is 6.00. The molecule has 0 radical (unpaired) electrons. The van der Waals surface area contributed by atoms with Crippen LogP contribution in [0.3, 0.4) is 0 Å². The molecule has 3 rings (SSSR count). The topological polar surface area (TPSA) is 59.8 Å². The van der Waals surface area contributed by atoms with Crippen molar-refractivity contribution in [1.82, 2.24) is 14.8 Å². The summed E-state index contributed by atoms with van der Waals surface area (Å²) in [5.74, 6) is -1.11. The van der Waals surface area contributed by atoms with E-state index in [-0.39, 0.29) is 17.5 Å². The van der Waals surface area contributed by atoms with Crippen molar-refractivity contribution < 1.29 is 13.6 Å². The lowest BCUT2D eigenvalue weighted by molar-refractivity contribution is -0.113. The van der Waals surface area contributed by atoms with Gasteiger partial charge in [-0.05, 0) is 38.5 Å². The molecule has 0 aliphatic carbocycles. The van der Waals surface area contributed by atoms with Gasteiger partial charge in [0.05, 0.1) is 11.4 Å². The van der Waals surface area contributed by atoms with Gasteiger partial charge in [0, 0.05) is 27.9 Å². The number of carbonyl (C=O) groups is 1. The van der Waals surface area contributed by atoms with Gasteiger partial charge in [0.25, 0.3) is 0 Å². The molecule has 0 spiro atoms. The van der Waals surface area contributed by atoms with Gasteiger partial charge in [-0.15, -0.1) is 21.5 Å². The smallest absolute Gasteiger partial charge is 0.234 e. The second kappa shape index (κ2) is 8.83. The summed E-state index contributed by atoms with van der Waals surface area (Å²) in [6, 6.07) is 5.24. The first kappa shape index (κ1) is 20.5. The Balaban J connectivity index is 1.72. The lowest BCUT2D eigenvalue weighted by Crippen LogP contribution is -2.16. The molecule has 1 N–H and O–H groups in total. The van der Waals surface area contributed by atoms with Crippen molar-refractivity contribution in [3.63, 3.8) is 0 Å². The molecule has 0 bridgehead atoms. The highest BCUT2D eigenvalue weighted by atomic mass is 32.2. The first-order valence-electron chi connectivity index (χ1n) is 8.79. The van der Waals surface area contributed by atoms with Crippen molar-refractivity contribution in [2.24, 2.45) is 0 Å². The molecule has 1 amide bonds. The molecule has 5 nitrogen and oxygen atoms in total. The molecule has 0 fully saturated rings. The number of aromatic nitrogens is 3. The van der Waals surface area contributed by atoms with Gasteiger partial charge >= 0.3 is 0 Å². The Kier molecular flexibility index (Phi) is 6.46. The number of anilines is 1. The second-order valence-electron chi connectivity index (χ2n) is 6.39. The van der Waals surface area contributed by atoms with Gasteiger partial charge in [-0.3, -0.25) is 9.36 Å². The van der Waals surface area contributed by atoms with E-state index in [0.29, 0.717) is 5.16 Å². The number of nitrogens with zero attached hydrogens (tertiary/aromatic N) is 3. The number of hydrogen-bond donors (Lipinski definition) is 1. The maximum Gasteiger partial charge on any atom is 0.234 e. The zero-order valence-corrected chi connectivity index (χ0v) is 17.3. The molecule has 1 aromatic carbocycles. The summed E-state index contributed by atoms with van der Waals surface area (Å²) in [5.41, 5.74) is 0.955. The molecule has 9 heteroatoms. The zero-order chi connectivity index (χ0) is 20.3. The SMILES string of the molecule is CCc1cc(-c2nnc(SCC(=O)Nc3ccc(F)cc3F)n2C(C)C)cs1. The van der Waals surface area contributed by atoms with Crippen LogP contribution in [0.25, 0.3) is 11.4 Å². The predicted octanol–water partition coefficient (Wildman–Crippen LogP) is 5.16. The summed E-state index contributed by atoms with van der Waals surface area (Å²) in [4.78, 5) is 13.4. The Morgan fingerprint density at radius 2 is 2.07 bits per heavy atom. The van der Waals surface area contributed by atoms with Crippen LogP contribution in [0.5, 0.6) is 0 Å². The standard InChI is InChI=1S/C19H20F2N4OS2/c1-4-14-7-12(9-27-14)18-23-24-19(25(18)11(2)3)28-10-17(26)22-16-6-5-13(20)8-15(16)21/h5-9,11H,4,10H2,1-3H3,(H,22,26). The van der Waals surface area contributed by atoms with Gasteiger partial charge < -0.3 is 5.32 Å². The molecule has 3 aromatic rings. The molecule has 2 heterocycles. The fraction of sp³-hybridized carbons (Fsp3) is 0.316. The Labute approximate surface area is 170 Å². The van der Waals surface area contributed by atoms with Crippen LogP contribution < -0.4 is 5.32 Å². The minimum absolute atomic E-state index is 0.0333. The summed E-state index contributed by atoms with van der Waals surface area (Å²) in [6.45, 7) is 6.16. The molecule has 0 saturated heterocycles. The van der Waals surface area contributed by atoms with Crippen LogP contribution in [0.1, 0.15) is 31.7 Å². The van der Waals surface area contributed by atoms with E-state index < -0.39 is 17.5 Å². The number of carbonyl (C=O) groups excluding carboxylic acids is 1. The first-order chi connectivity index (χ1) is 13.4. The predicted molar refractivity (Wildman–Crippen MR) is 109 cm³/mol. The van der Waals surface area contributed by atoms with Crippen LogP contribution in [0.2, 0.25) is 0 Å². The van der Waals surface area contributed by atoms with Crippen LogP contribution in [-0.2, 0) is 11.2 Å². The average molecular weight is 423 g/mol. The number of nitrogens with one attached hydrogen (secondary N) is 1. The summed E-state index contributed by atoms with van der Waals surface area (Å²) in [6.07, 6.45) is 0.961. The number of halogens is 2. The van der Waals surface area contributed by atoms with Gasteiger partial charge in [-0.2, -0.15) is 0 Å². The van der Waals surface area contributed by atoms with Gasteiger partial charge in [0.2, 0.25) is 5.91 Å².